The number of rotatable bonds is 5. The van der Waals surface area contributed by atoms with Crippen molar-refractivity contribution in [1.29, 1.82) is 0 Å². The van der Waals surface area contributed by atoms with Gasteiger partial charge in [-0.05, 0) is 40.8 Å². The number of carbonyl (C=O) groups excluding carboxylic acids is 1. The number of phenolic OH excluding ortho intramolecular Hbond substituents is 1. The summed E-state index contributed by atoms with van der Waals surface area (Å²) in [5, 5.41) is 11.9. The number of ether oxygens (including phenoxy) is 1. The van der Waals surface area contributed by atoms with Crippen LogP contribution < -0.4 is 5.32 Å². The van der Waals surface area contributed by atoms with Crippen LogP contribution in [-0.4, -0.2) is 36.7 Å². The molecule has 1 rings (SSSR count). The summed E-state index contributed by atoms with van der Waals surface area (Å²) in [5.41, 5.74) is 0.248. The fourth-order valence-corrected chi connectivity index (χ4v) is 1.92. The molecule has 0 spiro atoms. The summed E-state index contributed by atoms with van der Waals surface area (Å²) in [5.74, 6) is -0.386. The first-order valence-corrected chi connectivity index (χ1v) is 6.46. The van der Waals surface area contributed by atoms with Crippen LogP contribution in [0, 0.1) is 3.57 Å². The number of benzene rings is 1. The summed E-state index contributed by atoms with van der Waals surface area (Å²) in [7, 11) is 1.54. The lowest BCUT2D eigenvalue weighted by Crippen LogP contribution is -2.31. The van der Waals surface area contributed by atoms with Crippen LogP contribution in [-0.2, 0) is 4.74 Å². The van der Waals surface area contributed by atoms with Gasteiger partial charge in [-0.1, -0.05) is 0 Å². The molecule has 0 aromatic heterocycles. The van der Waals surface area contributed by atoms with Gasteiger partial charge in [0.15, 0.2) is 0 Å². The van der Waals surface area contributed by atoms with Crippen molar-refractivity contribution in [3.63, 3.8) is 0 Å². The minimum Gasteiger partial charge on any atom is -0.507 e. The van der Waals surface area contributed by atoms with Gasteiger partial charge in [0.05, 0.1) is 17.5 Å². The van der Waals surface area contributed by atoms with Crippen LogP contribution in [0.5, 0.6) is 5.75 Å². The molecule has 17 heavy (non-hydrogen) atoms. The van der Waals surface area contributed by atoms with Gasteiger partial charge < -0.3 is 15.2 Å². The SMILES string of the molecule is COCC(Cl)CNC(=O)c1cc(I)ccc1O. The molecule has 0 aliphatic heterocycles. The molecule has 0 bridgehead atoms. The Bertz CT molecular complexity index is 400. The van der Waals surface area contributed by atoms with Gasteiger partial charge in [-0.2, -0.15) is 0 Å². The summed E-state index contributed by atoms with van der Waals surface area (Å²) in [4.78, 5) is 11.8. The zero-order valence-corrected chi connectivity index (χ0v) is 12.2. The Labute approximate surface area is 118 Å². The molecule has 0 aliphatic rings. The fourth-order valence-electron chi connectivity index (χ4n) is 1.23. The van der Waals surface area contributed by atoms with Crippen LogP contribution in [0.3, 0.4) is 0 Å². The second kappa shape index (κ2) is 7.03. The Hall–Kier alpha value is -0.530. The van der Waals surface area contributed by atoms with Crippen LogP contribution in [0.2, 0.25) is 0 Å². The van der Waals surface area contributed by atoms with Crippen LogP contribution in [0.15, 0.2) is 18.2 Å². The third-order valence-electron chi connectivity index (χ3n) is 2.03. The van der Waals surface area contributed by atoms with Gasteiger partial charge in [-0.3, -0.25) is 4.79 Å². The largest absolute Gasteiger partial charge is 0.507 e. The van der Waals surface area contributed by atoms with E-state index in [1.165, 1.54) is 6.07 Å². The minimum atomic E-state index is -0.345. The topological polar surface area (TPSA) is 58.6 Å². The monoisotopic (exact) mass is 369 g/mol. The first-order valence-electron chi connectivity index (χ1n) is 4.94. The molecule has 6 heteroatoms. The number of phenols is 1. The Morgan fingerprint density at radius 2 is 2.35 bits per heavy atom. The van der Waals surface area contributed by atoms with Gasteiger partial charge in [0, 0.05) is 17.2 Å². The van der Waals surface area contributed by atoms with E-state index in [2.05, 4.69) is 27.9 Å². The van der Waals surface area contributed by atoms with Crippen molar-refractivity contribution in [3.05, 3.63) is 27.3 Å². The van der Waals surface area contributed by atoms with E-state index >= 15 is 0 Å². The fraction of sp³-hybridized carbons (Fsp3) is 0.364. The third kappa shape index (κ3) is 4.69. The second-order valence-electron chi connectivity index (χ2n) is 3.42. The predicted molar refractivity (Wildman–Crippen MR) is 74.7 cm³/mol. The number of amides is 1. The van der Waals surface area contributed by atoms with E-state index in [4.69, 9.17) is 16.3 Å². The molecule has 1 amide bonds. The number of hydrogen-bond donors (Lipinski definition) is 2. The Kier molecular flexibility index (Phi) is 6.01. The summed E-state index contributed by atoms with van der Waals surface area (Å²) in [6.07, 6.45) is 0. The molecule has 0 heterocycles. The molecular weight excluding hydrogens is 356 g/mol. The smallest absolute Gasteiger partial charge is 0.255 e. The summed E-state index contributed by atoms with van der Waals surface area (Å²) >= 11 is 7.95. The molecule has 0 saturated carbocycles. The number of carbonyl (C=O) groups is 1. The summed E-state index contributed by atoms with van der Waals surface area (Å²) in [6, 6.07) is 4.83. The van der Waals surface area contributed by atoms with Crippen molar-refractivity contribution in [2.45, 2.75) is 5.38 Å². The van der Waals surface area contributed by atoms with Crippen molar-refractivity contribution >= 4 is 40.1 Å². The molecule has 2 N–H and O–H groups in total. The molecule has 94 valence electrons. The van der Waals surface area contributed by atoms with Gasteiger partial charge in [0.2, 0.25) is 0 Å². The highest BCUT2D eigenvalue weighted by atomic mass is 127. The lowest BCUT2D eigenvalue weighted by Gasteiger charge is -2.10. The summed E-state index contributed by atoms with van der Waals surface area (Å²) in [6.45, 7) is 0.652. The van der Waals surface area contributed by atoms with Crippen molar-refractivity contribution < 1.29 is 14.6 Å². The predicted octanol–water partition coefficient (Wildman–Crippen LogP) is 1.98. The van der Waals surface area contributed by atoms with E-state index in [0.29, 0.717) is 13.2 Å². The van der Waals surface area contributed by atoms with E-state index in [1.807, 2.05) is 0 Å². The normalized spacial score (nSPS) is 12.2. The summed E-state index contributed by atoms with van der Waals surface area (Å²) < 4.78 is 5.73. The molecule has 0 fully saturated rings. The lowest BCUT2D eigenvalue weighted by atomic mass is 10.2. The van der Waals surface area contributed by atoms with Crippen LogP contribution in [0.25, 0.3) is 0 Å². The van der Waals surface area contributed by atoms with Gasteiger partial charge >= 0.3 is 0 Å². The van der Waals surface area contributed by atoms with Gasteiger partial charge in [-0.15, -0.1) is 11.6 Å². The zero-order valence-electron chi connectivity index (χ0n) is 9.24. The number of nitrogens with one attached hydrogen (secondary N) is 1. The highest BCUT2D eigenvalue weighted by molar-refractivity contribution is 14.1. The number of alkyl halides is 1. The third-order valence-corrected chi connectivity index (χ3v) is 2.99. The van der Waals surface area contributed by atoms with Gasteiger partial charge in [0.25, 0.3) is 5.91 Å². The molecule has 1 aromatic carbocycles. The second-order valence-corrected chi connectivity index (χ2v) is 5.29. The molecule has 1 aromatic rings. The Balaban J connectivity index is 2.61. The highest BCUT2D eigenvalue weighted by Gasteiger charge is 2.13. The van der Waals surface area contributed by atoms with E-state index in [-0.39, 0.29) is 22.6 Å². The Morgan fingerprint density at radius 3 is 3.00 bits per heavy atom. The molecule has 1 atom stereocenters. The molecule has 0 aliphatic carbocycles. The maximum absolute atomic E-state index is 11.8. The number of halogens is 2. The average Bonchev–Trinajstić information content (AvgIpc) is 2.29. The van der Waals surface area contributed by atoms with Crippen molar-refractivity contribution in [2.24, 2.45) is 0 Å². The van der Waals surface area contributed by atoms with Crippen LogP contribution in [0.4, 0.5) is 0 Å². The van der Waals surface area contributed by atoms with Crippen molar-refractivity contribution in [3.8, 4) is 5.75 Å². The number of hydrogen-bond acceptors (Lipinski definition) is 3. The lowest BCUT2D eigenvalue weighted by molar-refractivity contribution is 0.0946. The quantitative estimate of drug-likeness (QED) is 0.616. The van der Waals surface area contributed by atoms with Gasteiger partial charge in [-0.25, -0.2) is 0 Å². The van der Waals surface area contributed by atoms with E-state index in [1.54, 1.807) is 19.2 Å². The van der Waals surface area contributed by atoms with E-state index in [0.717, 1.165) is 3.57 Å². The number of aromatic hydroxyl groups is 1. The first kappa shape index (κ1) is 14.5. The maximum Gasteiger partial charge on any atom is 0.255 e. The van der Waals surface area contributed by atoms with Crippen molar-refractivity contribution in [1.82, 2.24) is 5.32 Å². The molecule has 0 saturated heterocycles. The van der Waals surface area contributed by atoms with E-state index in [9.17, 15) is 9.90 Å². The van der Waals surface area contributed by atoms with Crippen LogP contribution in [0.1, 0.15) is 10.4 Å². The van der Waals surface area contributed by atoms with Gasteiger partial charge in [0.1, 0.15) is 5.75 Å². The molecular formula is C11H13ClINO3. The minimum absolute atomic E-state index is 0.0409. The van der Waals surface area contributed by atoms with Crippen LogP contribution >= 0.6 is 34.2 Å². The molecule has 4 nitrogen and oxygen atoms in total. The Morgan fingerprint density at radius 1 is 1.65 bits per heavy atom. The first-order chi connectivity index (χ1) is 8.04. The average molecular weight is 370 g/mol. The zero-order chi connectivity index (χ0) is 12.8. The molecule has 0 radical (unpaired) electrons. The van der Waals surface area contributed by atoms with Crippen molar-refractivity contribution in [2.75, 3.05) is 20.3 Å². The highest BCUT2D eigenvalue weighted by Crippen LogP contribution is 2.19. The van der Waals surface area contributed by atoms with E-state index < -0.39 is 0 Å². The molecule has 1 unspecified atom stereocenters. The number of methoxy groups -OCH3 is 1. The standard InChI is InChI=1S/C11H13ClINO3/c1-17-6-7(12)5-14-11(16)9-4-8(13)2-3-10(9)15/h2-4,7,15H,5-6H2,1H3,(H,14,16). The maximum atomic E-state index is 11.8.